The molecule has 3 aliphatic heterocycles. The first kappa shape index (κ1) is 29.3. The van der Waals surface area contributed by atoms with Crippen molar-refractivity contribution in [2.45, 2.75) is 76.4 Å². The van der Waals surface area contributed by atoms with Crippen molar-refractivity contribution in [3.05, 3.63) is 81.0 Å². The highest BCUT2D eigenvalue weighted by Crippen LogP contribution is 2.37. The Labute approximate surface area is 265 Å². The van der Waals surface area contributed by atoms with Gasteiger partial charge in [-0.3, -0.25) is 9.36 Å². The first-order valence-electron chi connectivity index (χ1n) is 16.6. The Balaban J connectivity index is 0.881. The molecule has 0 aliphatic carbocycles. The van der Waals surface area contributed by atoms with Crippen molar-refractivity contribution in [3.8, 4) is 0 Å². The second-order valence-electron chi connectivity index (χ2n) is 13.2. The number of hydrogen-bond acceptors (Lipinski definition) is 9. The topological polar surface area (TPSA) is 114 Å². The smallest absolute Gasteiger partial charge is 0.257 e. The lowest BCUT2D eigenvalue weighted by atomic mass is 9.90. The Hall–Kier alpha value is -4.09. The molecule has 2 aromatic carbocycles. The van der Waals surface area contributed by atoms with E-state index in [0.717, 1.165) is 110 Å². The first-order valence-corrected chi connectivity index (χ1v) is 16.6. The second-order valence-corrected chi connectivity index (χ2v) is 13.2. The molecule has 0 bridgehead atoms. The van der Waals surface area contributed by atoms with Gasteiger partial charge in [0.05, 0.1) is 11.4 Å². The molecule has 0 amide bonds. The van der Waals surface area contributed by atoms with Crippen LogP contribution in [0.3, 0.4) is 0 Å². The van der Waals surface area contributed by atoms with Gasteiger partial charge in [0.2, 0.25) is 0 Å². The average molecular weight is 627 g/mol. The van der Waals surface area contributed by atoms with Crippen molar-refractivity contribution < 1.29 is 18.5 Å². The molecule has 8 rings (SSSR count). The Morgan fingerprint density at radius 2 is 1.52 bits per heavy atom. The lowest BCUT2D eigenvalue weighted by molar-refractivity contribution is 0.129. The van der Waals surface area contributed by atoms with E-state index < -0.39 is 6.10 Å². The van der Waals surface area contributed by atoms with E-state index >= 15 is 0 Å². The summed E-state index contributed by atoms with van der Waals surface area (Å²) in [6.45, 7) is 7.00. The Morgan fingerprint density at radius 1 is 0.870 bits per heavy atom. The van der Waals surface area contributed by atoms with E-state index in [1.54, 1.807) is 10.6 Å². The van der Waals surface area contributed by atoms with Gasteiger partial charge in [0.1, 0.15) is 17.7 Å². The fraction of sp³-hybridized carbons (Fsp3) is 0.486. The van der Waals surface area contributed by atoms with Crippen molar-refractivity contribution in [1.82, 2.24) is 24.8 Å². The largest absolute Gasteiger partial charge is 0.385 e. The molecule has 2 saturated heterocycles. The number of rotatable bonds is 6. The fourth-order valence-electron chi connectivity index (χ4n) is 7.82. The number of benzene rings is 2. The van der Waals surface area contributed by atoms with Crippen molar-refractivity contribution in [2.75, 3.05) is 37.6 Å². The van der Waals surface area contributed by atoms with Gasteiger partial charge in [-0.2, -0.15) is 0 Å². The van der Waals surface area contributed by atoms with Crippen LogP contribution in [0, 0.1) is 12.7 Å². The quantitative estimate of drug-likeness (QED) is 0.257. The van der Waals surface area contributed by atoms with Crippen LogP contribution in [0.5, 0.6) is 0 Å². The summed E-state index contributed by atoms with van der Waals surface area (Å²) in [5.74, 6) is 0.826. The van der Waals surface area contributed by atoms with Crippen LogP contribution in [0.2, 0.25) is 0 Å². The number of nitrogens with zero attached hydrogens (tertiary/aromatic N) is 6. The minimum Gasteiger partial charge on any atom is -0.385 e. The van der Waals surface area contributed by atoms with Crippen molar-refractivity contribution >= 4 is 27.6 Å². The zero-order chi connectivity index (χ0) is 31.4. The van der Waals surface area contributed by atoms with Crippen molar-refractivity contribution in [3.63, 3.8) is 0 Å². The van der Waals surface area contributed by atoms with Crippen LogP contribution in [0.4, 0.5) is 10.1 Å². The normalized spacial score (nSPS) is 20.2. The zero-order valence-electron chi connectivity index (χ0n) is 26.1. The van der Waals surface area contributed by atoms with Gasteiger partial charge in [-0.15, -0.1) is 0 Å². The summed E-state index contributed by atoms with van der Waals surface area (Å²) < 4.78 is 26.6. The predicted molar refractivity (Wildman–Crippen MR) is 172 cm³/mol. The molecule has 46 heavy (non-hydrogen) atoms. The molecule has 0 spiro atoms. The monoisotopic (exact) mass is 626 g/mol. The fourth-order valence-corrected chi connectivity index (χ4v) is 7.82. The highest BCUT2D eigenvalue weighted by atomic mass is 19.1. The molecule has 6 heterocycles. The van der Waals surface area contributed by atoms with Crippen molar-refractivity contribution in [2.24, 2.45) is 0 Å². The molecule has 240 valence electrons. The van der Waals surface area contributed by atoms with Gasteiger partial charge in [0.25, 0.3) is 5.56 Å². The molecule has 10 nitrogen and oxygen atoms in total. The van der Waals surface area contributed by atoms with Gasteiger partial charge in [0.15, 0.2) is 11.2 Å². The number of halogens is 1. The second kappa shape index (κ2) is 11.9. The molecule has 1 unspecified atom stereocenters. The van der Waals surface area contributed by atoms with E-state index in [1.165, 1.54) is 12.1 Å². The summed E-state index contributed by atoms with van der Waals surface area (Å²) in [6, 6.07) is 11.1. The van der Waals surface area contributed by atoms with Crippen LogP contribution < -0.4 is 10.5 Å². The van der Waals surface area contributed by atoms with E-state index in [0.29, 0.717) is 36.7 Å². The maximum atomic E-state index is 13.6. The average Bonchev–Trinajstić information content (AvgIpc) is 3.69. The number of fused-ring (bicyclic) bond motifs is 3. The molecule has 0 saturated carbocycles. The van der Waals surface area contributed by atoms with Gasteiger partial charge in [-0.05, 0) is 89.2 Å². The number of hydrogen-bond donors (Lipinski definition) is 1. The van der Waals surface area contributed by atoms with Crippen LogP contribution in [0.1, 0.15) is 84.9 Å². The molecule has 0 radical (unpaired) electrons. The third kappa shape index (κ3) is 5.29. The predicted octanol–water partition coefficient (Wildman–Crippen LogP) is 5.61. The van der Waals surface area contributed by atoms with Crippen molar-refractivity contribution in [1.29, 1.82) is 0 Å². The Kier molecular flexibility index (Phi) is 7.60. The standard InChI is InChI=1S/C35H39FN6O4/c1-21-26(35(44)42-13-2-3-29(43)34(42)37-21)12-16-40-14-8-22(9-15-40)32-28-7-5-25(20-31(28)46-39-32)41-17-10-23(11-18-41)33-27-6-4-24(36)19-30(27)45-38-33/h4-7,19-20,22-23,29,43H,2-3,8-18H2,1H3. The molecule has 1 N–H and O–H groups in total. The first-order chi connectivity index (χ1) is 22.4. The van der Waals surface area contributed by atoms with E-state index in [2.05, 4.69) is 43.3 Å². The van der Waals surface area contributed by atoms with E-state index in [-0.39, 0.29) is 17.3 Å². The third-order valence-corrected chi connectivity index (χ3v) is 10.5. The number of piperidine rings is 2. The van der Waals surface area contributed by atoms with Crippen LogP contribution in [0.25, 0.3) is 21.9 Å². The van der Waals surface area contributed by atoms with E-state index in [4.69, 9.17) is 9.05 Å². The number of likely N-dealkylation sites (tertiary alicyclic amines) is 1. The number of aliphatic hydroxyl groups excluding tert-OH is 1. The SMILES string of the molecule is Cc1nc2n(c(=O)c1CCN1CCC(c3noc4cc(N5CCC(c6noc7cc(F)ccc67)CC5)ccc34)CC1)CCCC2O. The summed E-state index contributed by atoms with van der Waals surface area (Å²) in [6.07, 6.45) is 5.36. The summed E-state index contributed by atoms with van der Waals surface area (Å²) in [4.78, 5) is 22.6. The highest BCUT2D eigenvalue weighted by molar-refractivity contribution is 5.84. The molecule has 2 fully saturated rings. The third-order valence-electron chi connectivity index (χ3n) is 10.5. The van der Waals surface area contributed by atoms with Gasteiger partial charge in [-0.25, -0.2) is 9.37 Å². The Bertz CT molecular complexity index is 1950. The minimum absolute atomic E-state index is 0.00958. The molecular formula is C35H39FN6O4. The van der Waals surface area contributed by atoms with Gasteiger partial charge in [0, 0.05) is 77.9 Å². The molecule has 3 aromatic heterocycles. The summed E-state index contributed by atoms with van der Waals surface area (Å²) >= 11 is 0. The zero-order valence-corrected chi connectivity index (χ0v) is 26.1. The number of aliphatic hydroxyl groups is 1. The number of anilines is 1. The molecular weight excluding hydrogens is 587 g/mol. The maximum Gasteiger partial charge on any atom is 0.257 e. The van der Waals surface area contributed by atoms with Crippen LogP contribution in [-0.2, 0) is 13.0 Å². The molecule has 5 aromatic rings. The molecule has 11 heteroatoms. The number of aryl methyl sites for hydroxylation is 1. The van der Waals surface area contributed by atoms with E-state index in [9.17, 15) is 14.3 Å². The maximum absolute atomic E-state index is 13.6. The molecule has 3 aliphatic rings. The lowest BCUT2D eigenvalue weighted by Crippen LogP contribution is -2.37. The van der Waals surface area contributed by atoms with Gasteiger partial charge in [-0.1, -0.05) is 10.3 Å². The Morgan fingerprint density at radius 3 is 2.24 bits per heavy atom. The summed E-state index contributed by atoms with van der Waals surface area (Å²) in [5.41, 5.74) is 5.95. The van der Waals surface area contributed by atoms with Crippen LogP contribution in [-0.4, -0.2) is 62.6 Å². The summed E-state index contributed by atoms with van der Waals surface area (Å²) in [7, 11) is 0. The minimum atomic E-state index is -0.646. The molecule has 1 atom stereocenters. The van der Waals surface area contributed by atoms with Crippen LogP contribution >= 0.6 is 0 Å². The summed E-state index contributed by atoms with van der Waals surface area (Å²) in [5, 5.41) is 21.1. The lowest BCUT2D eigenvalue weighted by Gasteiger charge is -2.33. The van der Waals surface area contributed by atoms with Gasteiger partial charge < -0.3 is 24.0 Å². The number of aromatic nitrogens is 4. The highest BCUT2D eigenvalue weighted by Gasteiger charge is 2.29. The van der Waals surface area contributed by atoms with E-state index in [1.807, 2.05) is 6.92 Å². The van der Waals surface area contributed by atoms with Crippen LogP contribution in [0.15, 0.2) is 50.2 Å². The van der Waals surface area contributed by atoms with Gasteiger partial charge >= 0.3 is 0 Å².